The smallest absolute Gasteiger partial charge is 0.341 e. The lowest BCUT2D eigenvalue weighted by atomic mass is 10.1. The molecule has 2 aromatic heterocycles. The summed E-state index contributed by atoms with van der Waals surface area (Å²) in [6, 6.07) is 7.27. The highest BCUT2D eigenvalue weighted by Gasteiger charge is 2.28. The summed E-state index contributed by atoms with van der Waals surface area (Å²) in [5.41, 5.74) is 3.04. The number of esters is 1. The van der Waals surface area contributed by atoms with Crippen molar-refractivity contribution in [3.05, 3.63) is 68.8 Å². The van der Waals surface area contributed by atoms with Crippen molar-refractivity contribution in [3.63, 3.8) is 0 Å². The van der Waals surface area contributed by atoms with Crippen LogP contribution in [0.5, 0.6) is 0 Å². The number of anilines is 1. The van der Waals surface area contributed by atoms with Gasteiger partial charge in [-0.05, 0) is 42.5 Å². The van der Waals surface area contributed by atoms with Crippen molar-refractivity contribution in [2.75, 3.05) is 12.4 Å². The standard InChI is InChI=1S/C20H18ClN3O3S/c1-27-20(26)17-15-3-2-4-16(15)28-19(17)23-18(25)13-7-5-12(6-8-13)10-24-11-14(21)9-22-24/h5-9,11H,2-4,10H2,1H3,(H,23,25). The second-order valence-corrected chi connectivity index (χ2v) is 8.10. The normalized spacial score (nSPS) is 12.6. The fraction of sp³-hybridized carbons (Fsp3) is 0.250. The van der Waals surface area contributed by atoms with E-state index in [0.29, 0.717) is 27.7 Å². The number of nitrogens with one attached hydrogen (secondary N) is 1. The molecule has 4 rings (SSSR count). The summed E-state index contributed by atoms with van der Waals surface area (Å²) in [6.45, 7) is 0.568. The quantitative estimate of drug-likeness (QED) is 0.634. The molecule has 0 saturated heterocycles. The topological polar surface area (TPSA) is 73.2 Å². The van der Waals surface area contributed by atoms with Crippen LogP contribution in [0, 0.1) is 0 Å². The fourth-order valence-electron chi connectivity index (χ4n) is 3.36. The number of fused-ring (bicyclic) bond motifs is 1. The summed E-state index contributed by atoms with van der Waals surface area (Å²) in [5.74, 6) is -0.651. The molecule has 0 aliphatic heterocycles. The summed E-state index contributed by atoms with van der Waals surface area (Å²) in [4.78, 5) is 26.1. The van der Waals surface area contributed by atoms with Crippen molar-refractivity contribution in [2.24, 2.45) is 0 Å². The van der Waals surface area contributed by atoms with Gasteiger partial charge < -0.3 is 10.1 Å². The SMILES string of the molecule is COC(=O)c1c(NC(=O)c2ccc(Cn3cc(Cl)cn3)cc2)sc2c1CCC2. The number of hydrogen-bond donors (Lipinski definition) is 1. The Labute approximate surface area is 171 Å². The third-order valence-electron chi connectivity index (χ3n) is 4.70. The van der Waals surface area contributed by atoms with Crippen LogP contribution in [-0.4, -0.2) is 28.8 Å². The van der Waals surface area contributed by atoms with E-state index in [2.05, 4.69) is 10.4 Å². The zero-order valence-corrected chi connectivity index (χ0v) is 16.8. The molecule has 1 aromatic carbocycles. The van der Waals surface area contributed by atoms with Crippen LogP contribution in [-0.2, 0) is 24.1 Å². The molecule has 2 heterocycles. The molecular formula is C20H18ClN3O3S. The number of nitrogens with zero attached hydrogens (tertiary/aromatic N) is 2. The molecule has 0 radical (unpaired) electrons. The summed E-state index contributed by atoms with van der Waals surface area (Å²) >= 11 is 7.34. The van der Waals surface area contributed by atoms with E-state index in [-0.39, 0.29) is 5.91 Å². The Hall–Kier alpha value is -2.64. The van der Waals surface area contributed by atoms with Crippen molar-refractivity contribution in [1.29, 1.82) is 0 Å². The van der Waals surface area contributed by atoms with Crippen LogP contribution in [0.15, 0.2) is 36.7 Å². The van der Waals surface area contributed by atoms with Gasteiger partial charge in [-0.1, -0.05) is 23.7 Å². The van der Waals surface area contributed by atoms with E-state index in [9.17, 15) is 9.59 Å². The number of carbonyl (C=O) groups is 2. The molecule has 1 aliphatic carbocycles. The third-order valence-corrected chi connectivity index (χ3v) is 6.10. The average Bonchev–Trinajstić information content (AvgIpc) is 3.38. The van der Waals surface area contributed by atoms with Gasteiger partial charge in [0.15, 0.2) is 0 Å². The van der Waals surface area contributed by atoms with Gasteiger partial charge in [-0.15, -0.1) is 11.3 Å². The number of ether oxygens (including phenoxy) is 1. The van der Waals surface area contributed by atoms with Crippen molar-refractivity contribution < 1.29 is 14.3 Å². The number of aromatic nitrogens is 2. The van der Waals surface area contributed by atoms with Crippen molar-refractivity contribution in [1.82, 2.24) is 9.78 Å². The molecule has 0 fully saturated rings. The van der Waals surface area contributed by atoms with Crippen LogP contribution in [0.1, 0.15) is 43.1 Å². The predicted molar refractivity (Wildman–Crippen MR) is 108 cm³/mol. The first kappa shape index (κ1) is 18.7. The minimum atomic E-state index is -0.400. The number of aryl methyl sites for hydroxylation is 1. The first-order chi connectivity index (χ1) is 13.5. The Bertz CT molecular complexity index is 1040. The Balaban J connectivity index is 1.50. The summed E-state index contributed by atoms with van der Waals surface area (Å²) in [6.07, 6.45) is 6.14. The molecule has 1 amide bonds. The van der Waals surface area contributed by atoms with Gasteiger partial charge >= 0.3 is 5.97 Å². The number of thiophene rings is 1. The van der Waals surface area contributed by atoms with E-state index in [1.54, 1.807) is 29.2 Å². The molecule has 28 heavy (non-hydrogen) atoms. The average molecular weight is 416 g/mol. The third kappa shape index (κ3) is 3.68. The number of methoxy groups -OCH3 is 1. The van der Waals surface area contributed by atoms with Crippen molar-refractivity contribution in [2.45, 2.75) is 25.8 Å². The number of carbonyl (C=O) groups excluding carboxylic acids is 2. The van der Waals surface area contributed by atoms with Gasteiger partial charge in [-0.2, -0.15) is 5.10 Å². The maximum Gasteiger partial charge on any atom is 0.341 e. The van der Waals surface area contributed by atoms with Crippen molar-refractivity contribution in [3.8, 4) is 0 Å². The van der Waals surface area contributed by atoms with Crippen LogP contribution in [0.2, 0.25) is 5.02 Å². The minimum Gasteiger partial charge on any atom is -0.465 e. The minimum absolute atomic E-state index is 0.251. The number of halogens is 1. The van der Waals surface area contributed by atoms with E-state index in [4.69, 9.17) is 16.3 Å². The summed E-state index contributed by atoms with van der Waals surface area (Å²) < 4.78 is 6.65. The molecule has 0 unspecified atom stereocenters. The number of hydrogen-bond acceptors (Lipinski definition) is 5. The Morgan fingerprint density at radius 3 is 2.75 bits per heavy atom. The maximum atomic E-state index is 12.7. The van der Waals surface area contributed by atoms with Crippen LogP contribution >= 0.6 is 22.9 Å². The molecule has 3 aromatic rings. The van der Waals surface area contributed by atoms with Gasteiger partial charge in [0.2, 0.25) is 0 Å². The zero-order chi connectivity index (χ0) is 19.7. The summed E-state index contributed by atoms with van der Waals surface area (Å²) in [7, 11) is 1.36. The predicted octanol–water partition coefficient (Wildman–Crippen LogP) is 4.17. The maximum absolute atomic E-state index is 12.7. The molecule has 1 N–H and O–H groups in total. The molecule has 0 atom stereocenters. The van der Waals surface area contributed by atoms with Gasteiger partial charge in [0.1, 0.15) is 5.00 Å². The largest absolute Gasteiger partial charge is 0.465 e. The molecule has 144 valence electrons. The number of benzene rings is 1. The van der Waals surface area contributed by atoms with Gasteiger partial charge in [-0.25, -0.2) is 4.79 Å². The fourth-order valence-corrected chi connectivity index (χ4v) is 4.79. The molecule has 6 nitrogen and oxygen atoms in total. The first-order valence-electron chi connectivity index (χ1n) is 8.86. The van der Waals surface area contributed by atoms with Gasteiger partial charge in [-0.3, -0.25) is 9.48 Å². The van der Waals surface area contributed by atoms with E-state index >= 15 is 0 Å². The Kier molecular flexibility index (Phi) is 5.19. The van der Waals surface area contributed by atoms with Gasteiger partial charge in [0.05, 0.1) is 30.4 Å². The second kappa shape index (κ2) is 7.77. The van der Waals surface area contributed by atoms with Crippen LogP contribution < -0.4 is 5.32 Å². The monoisotopic (exact) mass is 415 g/mol. The lowest BCUT2D eigenvalue weighted by molar-refractivity contribution is 0.0601. The lowest BCUT2D eigenvalue weighted by Crippen LogP contribution is -2.14. The van der Waals surface area contributed by atoms with E-state index in [1.165, 1.54) is 18.4 Å². The summed E-state index contributed by atoms with van der Waals surface area (Å²) in [5, 5.41) is 8.18. The molecular weight excluding hydrogens is 398 g/mol. The molecule has 1 aliphatic rings. The highest BCUT2D eigenvalue weighted by Crippen LogP contribution is 2.39. The van der Waals surface area contributed by atoms with E-state index < -0.39 is 5.97 Å². The van der Waals surface area contributed by atoms with E-state index in [1.807, 2.05) is 12.1 Å². The van der Waals surface area contributed by atoms with Gasteiger partial charge in [0, 0.05) is 16.6 Å². The highest BCUT2D eigenvalue weighted by molar-refractivity contribution is 7.17. The molecule has 0 bridgehead atoms. The Morgan fingerprint density at radius 1 is 1.29 bits per heavy atom. The molecule has 8 heteroatoms. The molecule has 0 saturated carbocycles. The van der Waals surface area contributed by atoms with Crippen LogP contribution in [0.4, 0.5) is 5.00 Å². The highest BCUT2D eigenvalue weighted by atomic mass is 35.5. The first-order valence-corrected chi connectivity index (χ1v) is 10.1. The van der Waals surface area contributed by atoms with Gasteiger partial charge in [0.25, 0.3) is 5.91 Å². The Morgan fingerprint density at radius 2 is 2.07 bits per heavy atom. The van der Waals surface area contributed by atoms with Crippen LogP contribution in [0.3, 0.4) is 0 Å². The molecule has 0 spiro atoms. The number of amides is 1. The number of rotatable bonds is 5. The van der Waals surface area contributed by atoms with Crippen molar-refractivity contribution >= 4 is 39.8 Å². The van der Waals surface area contributed by atoms with Crippen LogP contribution in [0.25, 0.3) is 0 Å². The van der Waals surface area contributed by atoms with E-state index in [0.717, 1.165) is 35.3 Å². The second-order valence-electron chi connectivity index (χ2n) is 6.56. The zero-order valence-electron chi connectivity index (χ0n) is 15.2. The lowest BCUT2D eigenvalue weighted by Gasteiger charge is -2.08.